The molecule has 0 amide bonds. The monoisotopic (exact) mass is 325 g/mol. The lowest BCUT2D eigenvalue weighted by Gasteiger charge is -2.32. The molecule has 3 rings (SSSR count). The first-order valence-electron chi connectivity index (χ1n) is 8.65. The lowest BCUT2D eigenvalue weighted by atomic mass is 10.0. The largest absolute Gasteiger partial charge is 0.310 e. The van der Waals surface area contributed by atoms with Crippen LogP contribution in [0.4, 0.5) is 0 Å². The fraction of sp³-hybridized carbons (Fsp3) is 0.474. The smallest absolute Gasteiger partial charge is 0.0969 e. The van der Waals surface area contributed by atoms with Crippen LogP contribution in [-0.4, -0.2) is 45.3 Å². The van der Waals surface area contributed by atoms with Gasteiger partial charge in [-0.05, 0) is 45.0 Å². The number of rotatable bonds is 6. The Morgan fingerprint density at radius 3 is 2.67 bits per heavy atom. The van der Waals surface area contributed by atoms with E-state index in [0.717, 1.165) is 37.4 Å². The molecule has 0 bridgehead atoms. The summed E-state index contributed by atoms with van der Waals surface area (Å²) in [5.74, 6) is 0. The van der Waals surface area contributed by atoms with E-state index in [2.05, 4.69) is 40.0 Å². The van der Waals surface area contributed by atoms with Gasteiger partial charge in [-0.15, -0.1) is 0 Å². The van der Waals surface area contributed by atoms with Crippen molar-refractivity contribution in [1.82, 2.24) is 25.0 Å². The van der Waals surface area contributed by atoms with Crippen molar-refractivity contribution >= 4 is 0 Å². The van der Waals surface area contributed by atoms with Crippen LogP contribution in [-0.2, 0) is 13.6 Å². The van der Waals surface area contributed by atoms with E-state index in [4.69, 9.17) is 0 Å². The SMILES string of the molecule is C=C(C)CN1CCC(NCc2cn(C)nc2-c2ccncc2)CC1. The van der Waals surface area contributed by atoms with Gasteiger partial charge in [-0.1, -0.05) is 12.2 Å². The van der Waals surface area contributed by atoms with E-state index in [1.807, 2.05) is 36.3 Å². The highest BCUT2D eigenvalue weighted by Gasteiger charge is 2.19. The van der Waals surface area contributed by atoms with Gasteiger partial charge in [-0.25, -0.2) is 0 Å². The van der Waals surface area contributed by atoms with Crippen molar-refractivity contribution in [2.45, 2.75) is 32.4 Å². The Kier molecular flexibility index (Phi) is 5.43. The zero-order valence-corrected chi connectivity index (χ0v) is 14.7. The van der Waals surface area contributed by atoms with Gasteiger partial charge in [0.2, 0.25) is 0 Å². The summed E-state index contributed by atoms with van der Waals surface area (Å²) in [6, 6.07) is 4.61. The van der Waals surface area contributed by atoms with Crippen LogP contribution >= 0.6 is 0 Å². The minimum atomic E-state index is 0.580. The van der Waals surface area contributed by atoms with Crippen molar-refractivity contribution in [3.63, 3.8) is 0 Å². The summed E-state index contributed by atoms with van der Waals surface area (Å²) >= 11 is 0. The van der Waals surface area contributed by atoms with Crippen LogP contribution in [0.1, 0.15) is 25.3 Å². The van der Waals surface area contributed by atoms with E-state index in [0.29, 0.717) is 6.04 Å². The lowest BCUT2D eigenvalue weighted by Crippen LogP contribution is -2.42. The first kappa shape index (κ1) is 16.9. The van der Waals surface area contributed by atoms with Gasteiger partial charge in [0.1, 0.15) is 0 Å². The molecule has 3 heterocycles. The average molecular weight is 325 g/mol. The second kappa shape index (κ2) is 7.73. The van der Waals surface area contributed by atoms with Crippen molar-refractivity contribution in [1.29, 1.82) is 0 Å². The Morgan fingerprint density at radius 2 is 2.00 bits per heavy atom. The Labute approximate surface area is 144 Å². The normalized spacial score (nSPS) is 16.4. The summed E-state index contributed by atoms with van der Waals surface area (Å²) in [6.07, 6.45) is 8.13. The van der Waals surface area contributed by atoms with Gasteiger partial charge in [-0.2, -0.15) is 5.10 Å². The quantitative estimate of drug-likeness (QED) is 0.829. The summed E-state index contributed by atoms with van der Waals surface area (Å²) in [6.45, 7) is 10.3. The molecule has 2 aromatic rings. The van der Waals surface area contributed by atoms with Crippen molar-refractivity contribution in [3.8, 4) is 11.3 Å². The van der Waals surface area contributed by atoms with Gasteiger partial charge in [0, 0.05) is 55.9 Å². The number of nitrogens with zero attached hydrogens (tertiary/aromatic N) is 4. The molecule has 2 aromatic heterocycles. The molecule has 24 heavy (non-hydrogen) atoms. The lowest BCUT2D eigenvalue weighted by molar-refractivity contribution is 0.211. The van der Waals surface area contributed by atoms with E-state index in [9.17, 15) is 0 Å². The molecular formula is C19H27N5. The van der Waals surface area contributed by atoms with Crippen molar-refractivity contribution in [2.75, 3.05) is 19.6 Å². The topological polar surface area (TPSA) is 46.0 Å². The number of pyridine rings is 1. The molecule has 0 spiro atoms. The number of hydrogen-bond donors (Lipinski definition) is 1. The molecule has 0 atom stereocenters. The highest BCUT2D eigenvalue weighted by Crippen LogP contribution is 2.21. The molecule has 1 aliphatic heterocycles. The minimum Gasteiger partial charge on any atom is -0.310 e. The number of aryl methyl sites for hydroxylation is 1. The maximum absolute atomic E-state index is 4.62. The maximum atomic E-state index is 4.62. The molecule has 1 N–H and O–H groups in total. The first-order chi connectivity index (χ1) is 11.6. The third-order valence-electron chi connectivity index (χ3n) is 4.52. The van der Waals surface area contributed by atoms with Crippen LogP contribution in [0.2, 0.25) is 0 Å². The third-order valence-corrected chi connectivity index (χ3v) is 4.52. The Balaban J connectivity index is 1.57. The van der Waals surface area contributed by atoms with E-state index < -0.39 is 0 Å². The highest BCUT2D eigenvalue weighted by atomic mass is 15.3. The predicted molar refractivity (Wildman–Crippen MR) is 97.6 cm³/mol. The van der Waals surface area contributed by atoms with Gasteiger partial charge in [-0.3, -0.25) is 14.6 Å². The van der Waals surface area contributed by atoms with Crippen LogP contribution in [0.5, 0.6) is 0 Å². The molecule has 0 aliphatic carbocycles. The number of likely N-dealkylation sites (tertiary alicyclic amines) is 1. The second-order valence-corrected chi connectivity index (χ2v) is 6.80. The van der Waals surface area contributed by atoms with Gasteiger partial charge >= 0.3 is 0 Å². The molecule has 0 saturated carbocycles. The first-order valence-corrected chi connectivity index (χ1v) is 8.65. The van der Waals surface area contributed by atoms with E-state index in [-0.39, 0.29) is 0 Å². The summed E-state index contributed by atoms with van der Waals surface area (Å²) in [5.41, 5.74) is 4.66. The Morgan fingerprint density at radius 1 is 1.29 bits per heavy atom. The van der Waals surface area contributed by atoms with Crippen molar-refractivity contribution < 1.29 is 0 Å². The van der Waals surface area contributed by atoms with Crippen LogP contribution in [0.3, 0.4) is 0 Å². The number of aromatic nitrogens is 3. The van der Waals surface area contributed by atoms with Crippen LogP contribution in [0, 0.1) is 0 Å². The van der Waals surface area contributed by atoms with Crippen molar-refractivity contribution in [2.24, 2.45) is 7.05 Å². The van der Waals surface area contributed by atoms with E-state index in [1.54, 1.807) is 0 Å². The van der Waals surface area contributed by atoms with Crippen LogP contribution < -0.4 is 5.32 Å². The molecule has 0 aromatic carbocycles. The molecular weight excluding hydrogens is 298 g/mol. The average Bonchev–Trinajstić information content (AvgIpc) is 2.95. The van der Waals surface area contributed by atoms with Gasteiger partial charge < -0.3 is 5.32 Å². The zero-order valence-electron chi connectivity index (χ0n) is 14.7. The number of hydrogen-bond acceptors (Lipinski definition) is 4. The summed E-state index contributed by atoms with van der Waals surface area (Å²) in [4.78, 5) is 6.59. The molecule has 0 radical (unpaired) electrons. The summed E-state index contributed by atoms with van der Waals surface area (Å²) < 4.78 is 1.89. The summed E-state index contributed by atoms with van der Waals surface area (Å²) in [5, 5.41) is 8.34. The molecule has 1 fully saturated rings. The van der Waals surface area contributed by atoms with Gasteiger partial charge in [0.15, 0.2) is 0 Å². The van der Waals surface area contributed by atoms with Crippen LogP contribution in [0.15, 0.2) is 42.9 Å². The van der Waals surface area contributed by atoms with Crippen LogP contribution in [0.25, 0.3) is 11.3 Å². The molecule has 128 valence electrons. The Hall–Kier alpha value is -1.98. The fourth-order valence-electron chi connectivity index (χ4n) is 3.35. The fourth-order valence-corrected chi connectivity index (χ4v) is 3.35. The van der Waals surface area contributed by atoms with Gasteiger partial charge in [0.05, 0.1) is 5.69 Å². The van der Waals surface area contributed by atoms with Crippen molar-refractivity contribution in [3.05, 3.63) is 48.4 Å². The highest BCUT2D eigenvalue weighted by molar-refractivity contribution is 5.61. The minimum absolute atomic E-state index is 0.580. The summed E-state index contributed by atoms with van der Waals surface area (Å²) in [7, 11) is 1.98. The predicted octanol–water partition coefficient (Wildman–Crippen LogP) is 2.61. The second-order valence-electron chi connectivity index (χ2n) is 6.80. The number of piperidine rings is 1. The molecule has 1 saturated heterocycles. The number of nitrogens with one attached hydrogen (secondary N) is 1. The van der Waals surface area contributed by atoms with Gasteiger partial charge in [0.25, 0.3) is 0 Å². The standard InChI is InChI=1S/C19H27N5/c1-15(2)13-24-10-6-18(7-11-24)21-12-17-14-23(3)22-19(17)16-4-8-20-9-5-16/h4-5,8-9,14,18,21H,1,6-7,10-13H2,2-3H3. The molecule has 5 nitrogen and oxygen atoms in total. The van der Waals surface area contributed by atoms with E-state index in [1.165, 1.54) is 24.0 Å². The zero-order chi connectivity index (χ0) is 16.9. The third kappa shape index (κ3) is 4.30. The van der Waals surface area contributed by atoms with E-state index >= 15 is 0 Å². The molecule has 5 heteroatoms. The molecule has 0 unspecified atom stereocenters. The maximum Gasteiger partial charge on any atom is 0.0969 e. The Bertz CT molecular complexity index is 668. The molecule has 1 aliphatic rings.